The van der Waals surface area contributed by atoms with Gasteiger partial charge in [-0.2, -0.15) is 0 Å². The maximum absolute atomic E-state index is 5.85. The van der Waals surface area contributed by atoms with E-state index >= 15 is 0 Å². The highest BCUT2D eigenvalue weighted by atomic mass is 79.9. The average Bonchev–Trinajstić information content (AvgIpc) is 2.38. The van der Waals surface area contributed by atoms with Crippen LogP contribution in [0, 0.1) is 0 Å². The van der Waals surface area contributed by atoms with Gasteiger partial charge in [0.05, 0.1) is 23.5 Å². The van der Waals surface area contributed by atoms with Crippen molar-refractivity contribution in [2.45, 2.75) is 10.6 Å². The molecule has 18 heavy (non-hydrogen) atoms. The summed E-state index contributed by atoms with van der Waals surface area (Å²) in [6.45, 7) is 0. The lowest BCUT2D eigenvalue weighted by molar-refractivity contribution is 0.412. The van der Waals surface area contributed by atoms with Gasteiger partial charge in [-0.05, 0) is 39.7 Å². The van der Waals surface area contributed by atoms with Crippen LogP contribution in [0.2, 0.25) is 0 Å². The Kier molecular flexibility index (Phi) is 4.49. The second-order valence-electron chi connectivity index (χ2n) is 3.67. The van der Waals surface area contributed by atoms with Crippen LogP contribution in [0.5, 0.6) is 5.75 Å². The van der Waals surface area contributed by atoms with Crippen molar-refractivity contribution in [3.05, 3.63) is 46.7 Å². The molecule has 0 unspecified atom stereocenters. The molecule has 0 spiro atoms. The molecular formula is C13H13BrN2OS. The van der Waals surface area contributed by atoms with Gasteiger partial charge < -0.3 is 10.5 Å². The molecule has 0 amide bonds. The topological polar surface area (TPSA) is 48.1 Å². The number of benzene rings is 1. The second kappa shape index (κ2) is 6.11. The third kappa shape index (κ3) is 3.17. The number of halogens is 1. The molecule has 0 atom stereocenters. The standard InChI is InChI=1S/C13H13BrN2OS/c1-17-12-3-2-9(6-10(12)14)8-18-13-4-5-16-7-11(13)15/h2-7H,8,15H2,1H3. The van der Waals surface area contributed by atoms with E-state index in [9.17, 15) is 0 Å². The Bertz CT molecular complexity index is 548. The van der Waals surface area contributed by atoms with Gasteiger partial charge in [0.2, 0.25) is 0 Å². The molecule has 5 heteroatoms. The number of pyridine rings is 1. The van der Waals surface area contributed by atoms with Crippen LogP contribution in [0.4, 0.5) is 5.69 Å². The Labute approximate surface area is 119 Å². The number of anilines is 1. The number of ether oxygens (including phenoxy) is 1. The number of hydrogen-bond donors (Lipinski definition) is 1. The number of nitrogen functional groups attached to an aromatic ring is 1. The quantitative estimate of drug-likeness (QED) is 0.870. The fourth-order valence-electron chi connectivity index (χ4n) is 1.49. The lowest BCUT2D eigenvalue weighted by Gasteiger charge is -2.07. The molecular weight excluding hydrogens is 312 g/mol. The molecule has 0 saturated carbocycles. The van der Waals surface area contributed by atoms with Crippen LogP contribution in [0.1, 0.15) is 5.56 Å². The number of rotatable bonds is 4. The van der Waals surface area contributed by atoms with E-state index in [0.29, 0.717) is 0 Å². The molecule has 0 fully saturated rings. The smallest absolute Gasteiger partial charge is 0.133 e. The van der Waals surface area contributed by atoms with Crippen LogP contribution >= 0.6 is 27.7 Å². The summed E-state index contributed by atoms with van der Waals surface area (Å²) in [6.07, 6.45) is 3.43. The number of thioether (sulfide) groups is 1. The molecule has 2 aromatic rings. The van der Waals surface area contributed by atoms with Gasteiger partial charge in [0.15, 0.2) is 0 Å². The molecule has 0 aliphatic heterocycles. The van der Waals surface area contributed by atoms with Gasteiger partial charge in [-0.3, -0.25) is 4.98 Å². The Hall–Kier alpha value is -1.20. The van der Waals surface area contributed by atoms with Crippen molar-refractivity contribution in [1.82, 2.24) is 4.98 Å². The lowest BCUT2D eigenvalue weighted by Crippen LogP contribution is -1.90. The zero-order valence-electron chi connectivity index (χ0n) is 9.89. The molecule has 0 aliphatic rings. The third-order valence-electron chi connectivity index (χ3n) is 2.42. The van der Waals surface area contributed by atoms with Crippen molar-refractivity contribution in [3.63, 3.8) is 0 Å². The van der Waals surface area contributed by atoms with Gasteiger partial charge in [-0.25, -0.2) is 0 Å². The number of aromatic nitrogens is 1. The highest BCUT2D eigenvalue weighted by Gasteiger charge is 2.04. The zero-order valence-corrected chi connectivity index (χ0v) is 12.3. The summed E-state index contributed by atoms with van der Waals surface area (Å²) in [4.78, 5) is 5.03. The van der Waals surface area contributed by atoms with Crippen LogP contribution in [-0.2, 0) is 5.75 Å². The van der Waals surface area contributed by atoms with Crippen molar-refractivity contribution in [1.29, 1.82) is 0 Å². The van der Waals surface area contributed by atoms with Gasteiger partial charge in [0, 0.05) is 16.8 Å². The minimum Gasteiger partial charge on any atom is -0.496 e. The maximum atomic E-state index is 5.85. The monoisotopic (exact) mass is 324 g/mol. The van der Waals surface area contributed by atoms with Gasteiger partial charge in [0.25, 0.3) is 0 Å². The summed E-state index contributed by atoms with van der Waals surface area (Å²) in [5, 5.41) is 0. The summed E-state index contributed by atoms with van der Waals surface area (Å²) < 4.78 is 6.16. The Morgan fingerprint density at radius 1 is 1.39 bits per heavy atom. The Morgan fingerprint density at radius 3 is 2.89 bits per heavy atom. The van der Waals surface area contributed by atoms with Crippen molar-refractivity contribution >= 4 is 33.4 Å². The van der Waals surface area contributed by atoms with E-state index in [4.69, 9.17) is 10.5 Å². The molecule has 0 aliphatic carbocycles. The number of nitrogens with zero attached hydrogens (tertiary/aromatic N) is 1. The fourth-order valence-corrected chi connectivity index (χ4v) is 2.95. The van der Waals surface area contributed by atoms with Crippen molar-refractivity contribution in [3.8, 4) is 5.75 Å². The molecule has 0 radical (unpaired) electrons. The van der Waals surface area contributed by atoms with E-state index in [1.54, 1.807) is 31.3 Å². The SMILES string of the molecule is COc1ccc(CSc2ccncc2N)cc1Br. The molecule has 1 aromatic heterocycles. The first kappa shape index (κ1) is 13.2. The summed E-state index contributed by atoms with van der Waals surface area (Å²) in [5.74, 6) is 1.70. The van der Waals surface area contributed by atoms with Gasteiger partial charge in [0.1, 0.15) is 5.75 Å². The zero-order chi connectivity index (χ0) is 13.0. The number of nitrogens with two attached hydrogens (primary N) is 1. The first-order chi connectivity index (χ1) is 8.70. The minimum atomic E-state index is 0.718. The van der Waals surface area contributed by atoms with Gasteiger partial charge in [-0.1, -0.05) is 6.07 Å². The van der Waals surface area contributed by atoms with Crippen LogP contribution in [0.15, 0.2) is 46.0 Å². The molecule has 1 heterocycles. The lowest BCUT2D eigenvalue weighted by atomic mass is 10.2. The second-order valence-corrected chi connectivity index (χ2v) is 5.54. The molecule has 0 bridgehead atoms. The average molecular weight is 325 g/mol. The molecule has 94 valence electrons. The summed E-state index contributed by atoms with van der Waals surface area (Å²) in [6, 6.07) is 7.99. The number of hydrogen-bond acceptors (Lipinski definition) is 4. The van der Waals surface area contributed by atoms with E-state index in [0.717, 1.165) is 26.6 Å². The summed E-state index contributed by atoms with van der Waals surface area (Å²) in [7, 11) is 1.66. The highest BCUT2D eigenvalue weighted by Crippen LogP contribution is 2.30. The van der Waals surface area contributed by atoms with Crippen LogP contribution < -0.4 is 10.5 Å². The van der Waals surface area contributed by atoms with E-state index in [1.807, 2.05) is 18.2 Å². The third-order valence-corrected chi connectivity index (χ3v) is 4.20. The Balaban J connectivity index is 2.07. The van der Waals surface area contributed by atoms with E-state index in [-0.39, 0.29) is 0 Å². The van der Waals surface area contributed by atoms with Gasteiger partial charge >= 0.3 is 0 Å². The molecule has 2 N–H and O–H groups in total. The maximum Gasteiger partial charge on any atom is 0.133 e. The van der Waals surface area contributed by atoms with Crippen LogP contribution in [0.25, 0.3) is 0 Å². The van der Waals surface area contributed by atoms with E-state index < -0.39 is 0 Å². The molecule has 2 rings (SSSR count). The predicted octanol–water partition coefficient (Wildman–Crippen LogP) is 3.73. The first-order valence-electron chi connectivity index (χ1n) is 5.35. The number of methoxy groups -OCH3 is 1. The van der Waals surface area contributed by atoms with E-state index in [2.05, 4.69) is 27.0 Å². The highest BCUT2D eigenvalue weighted by molar-refractivity contribution is 9.10. The van der Waals surface area contributed by atoms with Crippen LogP contribution in [-0.4, -0.2) is 12.1 Å². The van der Waals surface area contributed by atoms with Crippen LogP contribution in [0.3, 0.4) is 0 Å². The molecule has 3 nitrogen and oxygen atoms in total. The minimum absolute atomic E-state index is 0.718. The van der Waals surface area contributed by atoms with Crippen molar-refractivity contribution in [2.75, 3.05) is 12.8 Å². The van der Waals surface area contributed by atoms with E-state index in [1.165, 1.54) is 5.56 Å². The first-order valence-corrected chi connectivity index (χ1v) is 7.13. The largest absolute Gasteiger partial charge is 0.496 e. The molecule has 0 saturated heterocycles. The van der Waals surface area contributed by atoms with Crippen molar-refractivity contribution < 1.29 is 4.74 Å². The van der Waals surface area contributed by atoms with Gasteiger partial charge in [-0.15, -0.1) is 11.8 Å². The summed E-state index contributed by atoms with van der Waals surface area (Å²) in [5.41, 5.74) is 7.78. The predicted molar refractivity (Wildman–Crippen MR) is 78.9 cm³/mol. The normalized spacial score (nSPS) is 10.3. The van der Waals surface area contributed by atoms with Crippen molar-refractivity contribution in [2.24, 2.45) is 0 Å². The summed E-state index contributed by atoms with van der Waals surface area (Å²) >= 11 is 5.17. The fraction of sp³-hybridized carbons (Fsp3) is 0.154. The Morgan fingerprint density at radius 2 is 2.22 bits per heavy atom. The molecule has 1 aromatic carbocycles.